The van der Waals surface area contributed by atoms with Crippen LogP contribution in [0.4, 0.5) is 61.9 Å². The molecule has 0 fully saturated rings. The molecular formula is C21H38F13NO5Si4. The number of alkyl carbamates (subject to hydrolysis) is 1. The Morgan fingerprint density at radius 2 is 0.955 bits per heavy atom. The van der Waals surface area contributed by atoms with Crippen LogP contribution in [0, 0.1) is 0 Å². The van der Waals surface area contributed by atoms with E-state index in [1.807, 2.05) is 58.9 Å². The van der Waals surface area contributed by atoms with E-state index in [1.165, 1.54) is 0 Å². The molecule has 0 saturated heterocycles. The molecule has 0 aliphatic heterocycles. The van der Waals surface area contributed by atoms with Crippen molar-refractivity contribution in [2.45, 2.75) is 114 Å². The maximum Gasteiger partial charge on any atom is 0.469 e. The van der Waals surface area contributed by atoms with Gasteiger partial charge in [-0.2, -0.15) is 57.1 Å². The molecule has 0 aliphatic rings. The Balaban J connectivity index is 5.47. The number of hydrogen-bond donors (Lipinski definition) is 1. The van der Waals surface area contributed by atoms with Gasteiger partial charge >= 0.3 is 50.7 Å². The molecule has 264 valence electrons. The fraction of sp³-hybridized carbons (Fsp3) is 0.952. The molecule has 6 nitrogen and oxygen atoms in total. The van der Waals surface area contributed by atoms with Crippen LogP contribution in [0.25, 0.3) is 0 Å². The summed E-state index contributed by atoms with van der Waals surface area (Å²) in [7, 11) is -10.1. The van der Waals surface area contributed by atoms with Crippen LogP contribution in [0.3, 0.4) is 0 Å². The summed E-state index contributed by atoms with van der Waals surface area (Å²) < 4.78 is 195. The minimum absolute atomic E-state index is 0.115. The van der Waals surface area contributed by atoms with E-state index in [4.69, 9.17) is 12.3 Å². The zero-order valence-corrected chi connectivity index (χ0v) is 29.5. The van der Waals surface area contributed by atoms with E-state index in [9.17, 15) is 61.9 Å². The zero-order chi connectivity index (χ0) is 35.6. The number of carbonyl (C=O) groups is 1. The molecule has 0 aromatic rings. The summed E-state index contributed by atoms with van der Waals surface area (Å²) in [6.07, 6.45) is -11.5. The lowest BCUT2D eigenvalue weighted by molar-refractivity contribution is -0.440. The van der Waals surface area contributed by atoms with Gasteiger partial charge in [0.05, 0.1) is 13.0 Å². The van der Waals surface area contributed by atoms with E-state index in [2.05, 4.69) is 10.1 Å². The van der Waals surface area contributed by atoms with Gasteiger partial charge < -0.3 is 22.4 Å². The molecule has 0 rings (SSSR count). The molecule has 0 aromatic carbocycles. The first-order valence-electron chi connectivity index (χ1n) is 12.9. The second kappa shape index (κ2) is 13.7. The van der Waals surface area contributed by atoms with Gasteiger partial charge in [0.15, 0.2) is 25.0 Å². The first-order valence-corrected chi connectivity index (χ1v) is 25.1. The minimum atomic E-state index is -7.99. The Bertz CT molecular complexity index is 925. The first kappa shape index (κ1) is 43.1. The standard InChI is InChI=1S/C21H38F13NO5Si4/c1-41(2,3)38-44(39-42(4,5)6,40-43(7,8)9)14-10-12-35-15(36)37-13-11-16(22,23)17(24,25)18(26,27)19(28,29)20(30,31)21(32,33)34/h10-14H2,1-9H3,(H,35,36). The molecule has 44 heavy (non-hydrogen) atoms. The third-order valence-corrected chi connectivity index (χ3v) is 17.0. The fourth-order valence-corrected chi connectivity index (χ4v) is 18.0. The van der Waals surface area contributed by atoms with Gasteiger partial charge in [0.1, 0.15) is 0 Å². The Morgan fingerprint density at radius 3 is 1.30 bits per heavy atom. The zero-order valence-electron chi connectivity index (χ0n) is 25.5. The number of carbonyl (C=O) groups excluding carboxylic acids is 1. The van der Waals surface area contributed by atoms with Gasteiger partial charge in [0.25, 0.3) is 0 Å². The van der Waals surface area contributed by atoms with Crippen molar-refractivity contribution in [2.75, 3.05) is 13.2 Å². The highest BCUT2D eigenvalue weighted by atomic mass is 28.5. The summed E-state index contributed by atoms with van der Waals surface area (Å²) in [6.45, 7) is 15.1. The number of ether oxygens (including phenoxy) is 1. The lowest BCUT2D eigenvalue weighted by Crippen LogP contribution is -2.70. The molecule has 1 N–H and O–H groups in total. The van der Waals surface area contributed by atoms with Crippen LogP contribution < -0.4 is 5.32 Å². The van der Waals surface area contributed by atoms with Crippen LogP contribution in [0.5, 0.6) is 0 Å². The summed E-state index contributed by atoms with van der Waals surface area (Å²) in [5.41, 5.74) is 0. The predicted molar refractivity (Wildman–Crippen MR) is 143 cm³/mol. The van der Waals surface area contributed by atoms with Gasteiger partial charge in [-0.3, -0.25) is 0 Å². The van der Waals surface area contributed by atoms with Crippen molar-refractivity contribution in [1.29, 1.82) is 0 Å². The second-order valence-corrected chi connectivity index (χ2v) is 29.7. The molecule has 0 heterocycles. The van der Waals surface area contributed by atoms with Gasteiger partial charge in [-0.25, -0.2) is 4.79 Å². The van der Waals surface area contributed by atoms with E-state index in [-0.39, 0.29) is 19.0 Å². The third-order valence-electron chi connectivity index (χ3n) is 4.96. The molecule has 0 bridgehead atoms. The van der Waals surface area contributed by atoms with Crippen molar-refractivity contribution in [3.8, 4) is 0 Å². The first-order chi connectivity index (χ1) is 19.0. The molecule has 0 aliphatic carbocycles. The number of hydrogen-bond acceptors (Lipinski definition) is 5. The van der Waals surface area contributed by atoms with Crippen molar-refractivity contribution in [2.24, 2.45) is 0 Å². The molecular weight excluding hydrogens is 706 g/mol. The number of nitrogens with one attached hydrogen (secondary N) is 1. The van der Waals surface area contributed by atoms with E-state index >= 15 is 0 Å². The van der Waals surface area contributed by atoms with Crippen molar-refractivity contribution in [3.05, 3.63) is 0 Å². The topological polar surface area (TPSA) is 66.0 Å². The molecule has 0 aromatic heterocycles. The van der Waals surface area contributed by atoms with Gasteiger partial charge in [-0.05, 0) is 65.3 Å². The molecule has 0 saturated carbocycles. The van der Waals surface area contributed by atoms with Gasteiger partial charge in [-0.15, -0.1) is 0 Å². The molecule has 0 unspecified atom stereocenters. The van der Waals surface area contributed by atoms with Crippen LogP contribution in [0.15, 0.2) is 0 Å². The fourth-order valence-electron chi connectivity index (χ4n) is 3.39. The Morgan fingerprint density at radius 1 is 0.591 bits per heavy atom. The highest BCUT2D eigenvalue weighted by Crippen LogP contribution is 2.60. The van der Waals surface area contributed by atoms with E-state index in [0.717, 1.165) is 0 Å². The average molecular weight is 744 g/mol. The quantitative estimate of drug-likeness (QED) is 0.0918. The van der Waals surface area contributed by atoms with Gasteiger partial charge in [-0.1, -0.05) is 0 Å². The average Bonchev–Trinajstić information content (AvgIpc) is 2.71. The molecule has 23 heteroatoms. The van der Waals surface area contributed by atoms with E-state index < -0.39 is 88.7 Å². The van der Waals surface area contributed by atoms with Crippen molar-refractivity contribution >= 4 is 39.8 Å². The highest BCUT2D eigenvalue weighted by molar-refractivity contribution is 6.90. The number of halogens is 13. The van der Waals surface area contributed by atoms with Crippen LogP contribution in [-0.2, 0) is 17.1 Å². The number of rotatable bonds is 17. The Hall–Kier alpha value is -0.892. The van der Waals surface area contributed by atoms with Crippen molar-refractivity contribution < 1.29 is 79.0 Å². The minimum Gasteiger partial charge on any atom is -0.449 e. The summed E-state index contributed by atoms with van der Waals surface area (Å²) in [4.78, 5) is 11.9. The SMILES string of the molecule is C[Si](C)(C)O[Si](CCCNC(=O)OCCC(F)(F)C(F)(F)C(F)(F)C(F)(F)C(F)(F)C(F)(F)F)(O[Si](C)(C)C)O[Si](C)(C)C. The van der Waals surface area contributed by atoms with Crippen LogP contribution in [0.2, 0.25) is 65.0 Å². The normalized spacial score (nSPS) is 15.4. The molecule has 0 spiro atoms. The maximum absolute atomic E-state index is 13.9. The number of amides is 1. The molecule has 1 amide bonds. The largest absolute Gasteiger partial charge is 0.469 e. The number of alkyl halides is 13. The van der Waals surface area contributed by atoms with Gasteiger partial charge in [0.2, 0.25) is 0 Å². The Labute approximate surface area is 251 Å². The predicted octanol–water partition coefficient (Wildman–Crippen LogP) is 8.73. The van der Waals surface area contributed by atoms with Crippen molar-refractivity contribution in [3.63, 3.8) is 0 Å². The van der Waals surface area contributed by atoms with Crippen LogP contribution >= 0.6 is 0 Å². The molecule has 0 atom stereocenters. The lowest BCUT2D eigenvalue weighted by Gasteiger charge is -2.43. The smallest absolute Gasteiger partial charge is 0.449 e. The summed E-state index contributed by atoms with van der Waals surface area (Å²) >= 11 is 0. The van der Waals surface area contributed by atoms with Gasteiger partial charge in [0, 0.05) is 12.6 Å². The van der Waals surface area contributed by atoms with E-state index in [1.54, 1.807) is 0 Å². The highest BCUT2D eigenvalue weighted by Gasteiger charge is 2.90. The van der Waals surface area contributed by atoms with Crippen LogP contribution in [0.1, 0.15) is 12.8 Å². The Kier molecular flexibility index (Phi) is 13.4. The van der Waals surface area contributed by atoms with Crippen molar-refractivity contribution in [1.82, 2.24) is 5.32 Å². The monoisotopic (exact) mass is 743 g/mol. The third kappa shape index (κ3) is 11.1. The summed E-state index contributed by atoms with van der Waals surface area (Å²) in [6, 6.07) is 0.183. The lowest BCUT2D eigenvalue weighted by atomic mass is 9.93. The molecule has 0 radical (unpaired) electrons. The summed E-state index contributed by atoms with van der Waals surface area (Å²) in [5.74, 6) is -37.5. The van der Waals surface area contributed by atoms with Crippen LogP contribution in [-0.4, -0.2) is 88.8 Å². The maximum atomic E-state index is 13.9. The second-order valence-electron chi connectivity index (χ2n) is 12.7. The van der Waals surface area contributed by atoms with E-state index in [0.29, 0.717) is 0 Å². The summed E-state index contributed by atoms with van der Waals surface area (Å²) in [5, 5.41) is 2.06.